The summed E-state index contributed by atoms with van der Waals surface area (Å²) in [5.74, 6) is 0.435. The molecule has 1 amide bonds. The second kappa shape index (κ2) is 11.2. The Bertz CT molecular complexity index is 976. The van der Waals surface area contributed by atoms with Crippen molar-refractivity contribution in [3.05, 3.63) is 77.3 Å². The summed E-state index contributed by atoms with van der Waals surface area (Å²) in [7, 11) is 1.98. The molecule has 1 atom stereocenters. The molecule has 0 radical (unpaired) electrons. The van der Waals surface area contributed by atoms with Gasteiger partial charge >= 0.3 is 0 Å². The highest BCUT2D eigenvalue weighted by Crippen LogP contribution is 2.26. The summed E-state index contributed by atoms with van der Waals surface area (Å²) >= 11 is 1.50. The molecule has 1 aliphatic rings. The van der Waals surface area contributed by atoms with Crippen LogP contribution in [0.1, 0.15) is 35.3 Å². The minimum atomic E-state index is -0.0739. The van der Waals surface area contributed by atoms with Crippen LogP contribution in [-0.2, 0) is 6.42 Å². The third-order valence-corrected chi connectivity index (χ3v) is 7.01. The van der Waals surface area contributed by atoms with Crippen molar-refractivity contribution in [1.82, 2.24) is 15.2 Å². The Morgan fingerprint density at radius 2 is 1.91 bits per heavy atom. The van der Waals surface area contributed by atoms with Crippen molar-refractivity contribution in [3.8, 4) is 0 Å². The van der Waals surface area contributed by atoms with Crippen LogP contribution in [0.5, 0.6) is 0 Å². The van der Waals surface area contributed by atoms with Gasteiger partial charge in [-0.3, -0.25) is 4.79 Å². The second-order valence-electron chi connectivity index (χ2n) is 8.52. The van der Waals surface area contributed by atoms with Gasteiger partial charge in [-0.05, 0) is 62.4 Å². The fraction of sp³-hybridized carbons (Fsp3) is 0.385. The Morgan fingerprint density at radius 1 is 1.16 bits per heavy atom. The summed E-state index contributed by atoms with van der Waals surface area (Å²) in [6.45, 7) is 4.07. The normalized spacial score (nSPS) is 16.6. The first kappa shape index (κ1) is 22.5. The third kappa shape index (κ3) is 6.17. The van der Waals surface area contributed by atoms with Gasteiger partial charge in [0.15, 0.2) is 5.13 Å². The Morgan fingerprint density at radius 3 is 2.69 bits per heavy atom. The lowest BCUT2D eigenvalue weighted by molar-refractivity contribution is 0.0928. The molecule has 5 nitrogen and oxygen atoms in total. The zero-order chi connectivity index (χ0) is 22.2. The van der Waals surface area contributed by atoms with E-state index in [0.717, 1.165) is 36.9 Å². The number of nitrogens with zero attached hydrogens (tertiary/aromatic N) is 3. The van der Waals surface area contributed by atoms with Gasteiger partial charge in [0, 0.05) is 31.2 Å². The van der Waals surface area contributed by atoms with Gasteiger partial charge in [0.25, 0.3) is 5.91 Å². The molecule has 1 saturated heterocycles. The van der Waals surface area contributed by atoms with Crippen molar-refractivity contribution in [2.75, 3.05) is 38.1 Å². The van der Waals surface area contributed by atoms with E-state index < -0.39 is 0 Å². The molecule has 32 heavy (non-hydrogen) atoms. The van der Waals surface area contributed by atoms with Crippen molar-refractivity contribution >= 4 is 28.1 Å². The van der Waals surface area contributed by atoms with Gasteiger partial charge in [0.1, 0.15) is 5.69 Å². The number of benzene rings is 2. The average Bonchev–Trinajstić information content (AvgIpc) is 3.34. The van der Waals surface area contributed by atoms with Crippen LogP contribution in [0.3, 0.4) is 0 Å². The number of nitrogens with one attached hydrogen (secondary N) is 1. The standard InChI is InChI=1S/C26H32N4OS/c1-29(23-14-6-3-7-15-23)26-28-24(20-32-26)25(31)27-18-22-13-9-17-30(19-22)16-8-12-21-10-4-2-5-11-21/h2-7,10-11,14-15,20,22H,8-9,12-13,16-19H2,1H3,(H,27,31)/t22-/m0/s1. The van der Waals surface area contributed by atoms with E-state index in [1.165, 1.54) is 42.7 Å². The highest BCUT2D eigenvalue weighted by Gasteiger charge is 2.21. The molecule has 6 heteroatoms. The molecule has 0 bridgehead atoms. The Kier molecular flexibility index (Phi) is 7.91. The molecule has 2 heterocycles. The molecule has 3 aromatic rings. The van der Waals surface area contributed by atoms with E-state index in [-0.39, 0.29) is 5.91 Å². The van der Waals surface area contributed by atoms with Crippen LogP contribution in [0.15, 0.2) is 66.0 Å². The van der Waals surface area contributed by atoms with Crippen LogP contribution in [0.4, 0.5) is 10.8 Å². The van der Waals surface area contributed by atoms with Crippen LogP contribution in [0.2, 0.25) is 0 Å². The van der Waals surface area contributed by atoms with Crippen molar-refractivity contribution in [2.24, 2.45) is 5.92 Å². The number of hydrogen-bond acceptors (Lipinski definition) is 5. The van der Waals surface area contributed by atoms with Gasteiger partial charge in [-0.2, -0.15) is 0 Å². The number of carbonyl (C=O) groups excluding carboxylic acids is 1. The number of carbonyl (C=O) groups is 1. The smallest absolute Gasteiger partial charge is 0.270 e. The van der Waals surface area contributed by atoms with E-state index in [1.54, 1.807) is 0 Å². The number of rotatable bonds is 9. The fourth-order valence-electron chi connectivity index (χ4n) is 4.28. The van der Waals surface area contributed by atoms with Crippen molar-refractivity contribution in [1.29, 1.82) is 0 Å². The fourth-order valence-corrected chi connectivity index (χ4v) is 5.08. The average molecular weight is 449 g/mol. The number of anilines is 2. The number of aryl methyl sites for hydroxylation is 1. The van der Waals surface area contributed by atoms with Gasteiger partial charge in [0.05, 0.1) is 0 Å². The highest BCUT2D eigenvalue weighted by atomic mass is 32.1. The largest absolute Gasteiger partial charge is 0.350 e. The lowest BCUT2D eigenvalue weighted by Crippen LogP contribution is -2.41. The highest BCUT2D eigenvalue weighted by molar-refractivity contribution is 7.14. The van der Waals surface area contributed by atoms with Crippen molar-refractivity contribution in [3.63, 3.8) is 0 Å². The third-order valence-electron chi connectivity index (χ3n) is 6.09. The second-order valence-corrected chi connectivity index (χ2v) is 9.35. The van der Waals surface area contributed by atoms with E-state index in [0.29, 0.717) is 11.6 Å². The Hall–Kier alpha value is -2.70. The number of aromatic nitrogens is 1. The van der Waals surface area contributed by atoms with Crippen LogP contribution < -0.4 is 10.2 Å². The van der Waals surface area contributed by atoms with Gasteiger partial charge in [-0.25, -0.2) is 4.98 Å². The molecule has 4 rings (SSSR count). The van der Waals surface area contributed by atoms with E-state index in [9.17, 15) is 4.79 Å². The molecule has 0 spiro atoms. The minimum absolute atomic E-state index is 0.0739. The number of para-hydroxylation sites is 1. The maximum Gasteiger partial charge on any atom is 0.270 e. The summed E-state index contributed by atoms with van der Waals surface area (Å²) in [5.41, 5.74) is 2.97. The summed E-state index contributed by atoms with van der Waals surface area (Å²) < 4.78 is 0. The summed E-state index contributed by atoms with van der Waals surface area (Å²) in [5, 5.41) is 5.79. The molecule has 0 saturated carbocycles. The number of thiazole rings is 1. The van der Waals surface area contributed by atoms with Crippen LogP contribution in [-0.4, -0.2) is 49.0 Å². The maximum absolute atomic E-state index is 12.7. The molecule has 168 valence electrons. The van der Waals surface area contributed by atoms with E-state index in [4.69, 9.17) is 0 Å². The molecule has 1 N–H and O–H groups in total. The van der Waals surface area contributed by atoms with Crippen molar-refractivity contribution < 1.29 is 4.79 Å². The predicted molar refractivity (Wildman–Crippen MR) is 133 cm³/mol. The Balaban J connectivity index is 1.22. The Labute approximate surface area is 195 Å². The molecule has 0 aliphatic carbocycles. The van der Waals surface area contributed by atoms with Gasteiger partial charge < -0.3 is 15.1 Å². The van der Waals surface area contributed by atoms with Gasteiger partial charge in [-0.1, -0.05) is 48.5 Å². The van der Waals surface area contributed by atoms with Gasteiger partial charge in [0.2, 0.25) is 0 Å². The first-order chi connectivity index (χ1) is 15.7. The van der Waals surface area contributed by atoms with Crippen LogP contribution >= 0.6 is 11.3 Å². The van der Waals surface area contributed by atoms with Crippen LogP contribution in [0, 0.1) is 5.92 Å². The molecule has 1 fully saturated rings. The maximum atomic E-state index is 12.7. The molecular weight excluding hydrogens is 416 g/mol. The van der Waals surface area contributed by atoms with Crippen LogP contribution in [0.25, 0.3) is 0 Å². The van der Waals surface area contributed by atoms with E-state index in [1.807, 2.05) is 47.7 Å². The van der Waals surface area contributed by atoms with E-state index in [2.05, 4.69) is 45.5 Å². The molecule has 1 aromatic heterocycles. The molecular formula is C26H32N4OS. The summed E-state index contributed by atoms with van der Waals surface area (Å²) in [4.78, 5) is 21.8. The molecule has 2 aromatic carbocycles. The first-order valence-electron chi connectivity index (χ1n) is 11.5. The topological polar surface area (TPSA) is 48.5 Å². The monoisotopic (exact) mass is 448 g/mol. The lowest BCUT2D eigenvalue weighted by Gasteiger charge is -2.32. The van der Waals surface area contributed by atoms with E-state index >= 15 is 0 Å². The number of hydrogen-bond donors (Lipinski definition) is 1. The number of amides is 1. The molecule has 1 aliphatic heterocycles. The predicted octanol–water partition coefficient (Wildman–Crippen LogP) is 4.99. The first-order valence-corrected chi connectivity index (χ1v) is 12.4. The summed E-state index contributed by atoms with van der Waals surface area (Å²) in [6, 6.07) is 20.8. The number of likely N-dealkylation sites (tertiary alicyclic amines) is 1. The lowest BCUT2D eigenvalue weighted by atomic mass is 9.97. The van der Waals surface area contributed by atoms with Gasteiger partial charge in [-0.15, -0.1) is 11.3 Å². The quantitative estimate of drug-likeness (QED) is 0.501. The summed E-state index contributed by atoms with van der Waals surface area (Å²) in [6.07, 6.45) is 4.69. The molecule has 0 unspecified atom stereocenters. The number of piperidine rings is 1. The minimum Gasteiger partial charge on any atom is -0.350 e. The SMILES string of the molecule is CN(c1ccccc1)c1nc(C(=O)NC[C@@H]2CCCN(CCCc3ccccc3)C2)cs1. The zero-order valence-corrected chi connectivity index (χ0v) is 19.6. The zero-order valence-electron chi connectivity index (χ0n) is 18.7. The van der Waals surface area contributed by atoms with Crippen molar-refractivity contribution in [2.45, 2.75) is 25.7 Å².